The van der Waals surface area contributed by atoms with Crippen LogP contribution < -0.4 is 10.6 Å². The second kappa shape index (κ2) is 8.31. The Balaban J connectivity index is 2.24. The van der Waals surface area contributed by atoms with Crippen molar-refractivity contribution in [3.63, 3.8) is 0 Å². The van der Waals surface area contributed by atoms with Crippen molar-refractivity contribution in [3.05, 3.63) is 40.4 Å². The highest BCUT2D eigenvalue weighted by Gasteiger charge is 2.61. The van der Waals surface area contributed by atoms with E-state index >= 15 is 0 Å². The largest absolute Gasteiger partial charge is 0.418 e. The predicted octanol–water partition coefficient (Wildman–Crippen LogP) is 6.52. The van der Waals surface area contributed by atoms with Gasteiger partial charge < -0.3 is 10.6 Å². The molecule has 156 valence electrons. The molecule has 2 rings (SSSR count). The summed E-state index contributed by atoms with van der Waals surface area (Å²) in [6, 6.07) is 4.68. The van der Waals surface area contributed by atoms with Crippen LogP contribution in [0.5, 0.6) is 0 Å². The maximum absolute atomic E-state index is 13.2. The number of allylic oxidation sites excluding steroid dienone is 1. The lowest BCUT2D eigenvalue weighted by molar-refractivity contribution is -0.137. The molecule has 0 spiro atoms. The van der Waals surface area contributed by atoms with Crippen LogP contribution in [0.15, 0.2) is 34.8 Å². The minimum absolute atomic E-state index is 0.0172. The van der Waals surface area contributed by atoms with Crippen molar-refractivity contribution in [1.82, 2.24) is 5.32 Å². The molecule has 0 aliphatic heterocycles. The van der Waals surface area contributed by atoms with Crippen LogP contribution in [0, 0.1) is 17.3 Å². The van der Waals surface area contributed by atoms with E-state index in [1.54, 1.807) is 0 Å². The summed E-state index contributed by atoms with van der Waals surface area (Å²) in [6.07, 6.45) is -4.51. The van der Waals surface area contributed by atoms with Gasteiger partial charge in [-0.3, -0.25) is 4.79 Å². The van der Waals surface area contributed by atoms with E-state index < -0.39 is 38.9 Å². The Morgan fingerprint density at radius 1 is 1.18 bits per heavy atom. The van der Waals surface area contributed by atoms with E-state index in [0.29, 0.717) is 0 Å². The molecule has 28 heavy (non-hydrogen) atoms. The Morgan fingerprint density at radius 2 is 1.75 bits per heavy atom. The number of hydrogen-bond donors (Lipinski definition) is 2. The van der Waals surface area contributed by atoms with Gasteiger partial charge in [-0.15, -0.1) is 0 Å². The standard InChI is InChI=1S/C17H16Cl5F3N2O/c1-15(2)9(7-11(18)19)12(15)13(28)27-14(16(20,21)22)26-10-6-4-3-5-8(10)17(23,24)25/h3-7,9,12,14,26H,1-2H3,(H,27,28)/t9-,12-,14-/m0/s1. The molecule has 0 unspecified atom stereocenters. The molecule has 1 aliphatic rings. The fourth-order valence-electron chi connectivity index (χ4n) is 3.07. The smallest absolute Gasteiger partial charge is 0.361 e. The van der Waals surface area contributed by atoms with E-state index in [-0.39, 0.29) is 16.1 Å². The van der Waals surface area contributed by atoms with Crippen molar-refractivity contribution < 1.29 is 18.0 Å². The van der Waals surface area contributed by atoms with Gasteiger partial charge in [-0.05, 0) is 29.5 Å². The van der Waals surface area contributed by atoms with Crippen molar-refractivity contribution in [3.8, 4) is 0 Å². The van der Waals surface area contributed by atoms with Gasteiger partial charge in [0.2, 0.25) is 9.70 Å². The van der Waals surface area contributed by atoms with Crippen LogP contribution in [-0.4, -0.2) is 15.9 Å². The molecule has 1 aromatic rings. The number of hydrogen-bond acceptors (Lipinski definition) is 2. The van der Waals surface area contributed by atoms with Crippen LogP contribution >= 0.6 is 58.0 Å². The number of carbonyl (C=O) groups excluding carboxylic acids is 1. The Labute approximate surface area is 185 Å². The van der Waals surface area contributed by atoms with Crippen LogP contribution in [0.2, 0.25) is 0 Å². The monoisotopic (exact) mass is 496 g/mol. The molecule has 1 aliphatic carbocycles. The zero-order valence-corrected chi connectivity index (χ0v) is 18.3. The third-order valence-corrected chi connectivity index (χ3v) is 5.55. The van der Waals surface area contributed by atoms with Gasteiger partial charge in [0.15, 0.2) is 0 Å². The molecule has 2 N–H and O–H groups in total. The maximum atomic E-state index is 13.2. The molecule has 0 aromatic heterocycles. The van der Waals surface area contributed by atoms with Crippen LogP contribution in [0.4, 0.5) is 18.9 Å². The molecule has 1 fully saturated rings. The first kappa shape index (κ1) is 23.7. The molecule has 0 bridgehead atoms. The Bertz CT molecular complexity index is 773. The van der Waals surface area contributed by atoms with Crippen molar-refractivity contribution in [2.24, 2.45) is 17.3 Å². The minimum Gasteiger partial charge on any atom is -0.361 e. The summed E-state index contributed by atoms with van der Waals surface area (Å²) in [5, 5.41) is 4.95. The fraction of sp³-hybridized carbons (Fsp3) is 0.471. The highest BCUT2D eigenvalue weighted by atomic mass is 35.6. The molecular weight excluding hydrogens is 482 g/mol. The third-order valence-electron chi connectivity index (χ3n) is 4.64. The fourth-order valence-corrected chi connectivity index (χ4v) is 3.67. The zero-order valence-electron chi connectivity index (χ0n) is 14.6. The Morgan fingerprint density at radius 3 is 2.25 bits per heavy atom. The van der Waals surface area contributed by atoms with Gasteiger partial charge >= 0.3 is 6.18 Å². The number of halogens is 8. The van der Waals surface area contributed by atoms with Gasteiger partial charge in [-0.2, -0.15) is 13.2 Å². The summed E-state index contributed by atoms with van der Waals surface area (Å²) in [7, 11) is 0. The first-order valence-corrected chi connectivity index (χ1v) is 9.87. The molecule has 0 heterocycles. The third kappa shape index (κ3) is 5.54. The van der Waals surface area contributed by atoms with E-state index in [1.165, 1.54) is 24.3 Å². The van der Waals surface area contributed by atoms with Gasteiger partial charge in [0.05, 0.1) is 11.5 Å². The maximum Gasteiger partial charge on any atom is 0.418 e. The molecule has 3 atom stereocenters. The summed E-state index contributed by atoms with van der Waals surface area (Å²) in [4.78, 5) is 12.7. The number of anilines is 1. The van der Waals surface area contributed by atoms with Crippen LogP contribution in [0.3, 0.4) is 0 Å². The number of amides is 1. The first-order chi connectivity index (χ1) is 12.7. The molecular formula is C17H16Cl5F3N2O. The van der Waals surface area contributed by atoms with Crippen molar-refractivity contribution in [2.45, 2.75) is 30.0 Å². The molecule has 1 aromatic carbocycles. The van der Waals surface area contributed by atoms with Gasteiger partial charge in [0.25, 0.3) is 0 Å². The lowest BCUT2D eigenvalue weighted by Crippen LogP contribution is -2.50. The minimum atomic E-state index is -4.63. The number of carbonyl (C=O) groups is 1. The summed E-state index contributed by atoms with van der Waals surface area (Å²) in [5.41, 5.74) is -1.74. The summed E-state index contributed by atoms with van der Waals surface area (Å²) < 4.78 is 37.5. The predicted molar refractivity (Wildman–Crippen MR) is 108 cm³/mol. The van der Waals surface area contributed by atoms with Crippen molar-refractivity contribution >= 4 is 69.6 Å². The lowest BCUT2D eigenvalue weighted by atomic mass is 10.1. The molecule has 1 saturated carbocycles. The van der Waals surface area contributed by atoms with Crippen LogP contribution in [0.1, 0.15) is 19.4 Å². The Hall–Kier alpha value is -0.530. The van der Waals surface area contributed by atoms with Gasteiger partial charge in [0.1, 0.15) is 10.7 Å². The van der Waals surface area contributed by atoms with E-state index in [1.807, 2.05) is 13.8 Å². The van der Waals surface area contributed by atoms with Gasteiger partial charge in [0, 0.05) is 5.69 Å². The van der Waals surface area contributed by atoms with E-state index in [4.69, 9.17) is 58.0 Å². The van der Waals surface area contributed by atoms with E-state index in [0.717, 1.165) is 6.07 Å². The molecule has 11 heteroatoms. The second-order valence-corrected chi connectivity index (χ2v) is 10.3. The number of benzene rings is 1. The van der Waals surface area contributed by atoms with Crippen molar-refractivity contribution in [1.29, 1.82) is 0 Å². The topological polar surface area (TPSA) is 41.1 Å². The van der Waals surface area contributed by atoms with Crippen molar-refractivity contribution in [2.75, 3.05) is 5.32 Å². The summed E-state index contributed by atoms with van der Waals surface area (Å²) >= 11 is 29.0. The average Bonchev–Trinajstić information content (AvgIpc) is 3.04. The lowest BCUT2D eigenvalue weighted by Gasteiger charge is -2.29. The average molecular weight is 499 g/mol. The highest BCUT2D eigenvalue weighted by molar-refractivity contribution is 6.68. The van der Waals surface area contributed by atoms with Crippen LogP contribution in [0.25, 0.3) is 0 Å². The molecule has 1 amide bonds. The number of alkyl halides is 6. The number of rotatable bonds is 5. The summed E-state index contributed by atoms with van der Waals surface area (Å²) in [6.45, 7) is 3.65. The van der Waals surface area contributed by atoms with Gasteiger partial charge in [-0.25, -0.2) is 0 Å². The molecule has 3 nitrogen and oxygen atoms in total. The molecule has 0 radical (unpaired) electrons. The SMILES string of the molecule is CC1(C)[C@H](C(=O)N[C@H](Nc2ccccc2C(F)(F)F)C(Cl)(Cl)Cl)[C@@H]1C=C(Cl)Cl. The quantitative estimate of drug-likeness (QED) is 0.358. The number of nitrogens with one attached hydrogen (secondary N) is 2. The summed E-state index contributed by atoms with van der Waals surface area (Å²) in [5.74, 6) is -1.29. The Kier molecular flexibility index (Phi) is 7.04. The second-order valence-electron chi connectivity index (χ2n) is 6.95. The first-order valence-electron chi connectivity index (χ1n) is 7.98. The van der Waals surface area contributed by atoms with E-state index in [9.17, 15) is 18.0 Å². The normalized spacial score (nSPS) is 22.2. The molecule has 0 saturated heterocycles. The van der Waals surface area contributed by atoms with E-state index in [2.05, 4.69) is 10.6 Å². The highest BCUT2D eigenvalue weighted by Crippen LogP contribution is 2.59. The van der Waals surface area contributed by atoms with Gasteiger partial charge in [-0.1, -0.05) is 84.0 Å². The zero-order chi connectivity index (χ0) is 21.5. The van der Waals surface area contributed by atoms with Crippen LogP contribution in [-0.2, 0) is 11.0 Å². The number of para-hydroxylation sites is 1.